The predicted octanol–water partition coefficient (Wildman–Crippen LogP) is 2.24. The summed E-state index contributed by atoms with van der Waals surface area (Å²) in [4.78, 5) is 2.59. The van der Waals surface area contributed by atoms with Gasteiger partial charge in [0.25, 0.3) is 0 Å². The van der Waals surface area contributed by atoms with Crippen LogP contribution in [0.3, 0.4) is 0 Å². The van der Waals surface area contributed by atoms with Crippen LogP contribution in [0.25, 0.3) is 0 Å². The van der Waals surface area contributed by atoms with Crippen molar-refractivity contribution in [3.05, 3.63) is 11.9 Å². The molecule has 0 saturated carbocycles. The maximum atomic E-state index is 4.22. The molecule has 1 N–H and O–H groups in total. The molecule has 2 rings (SSSR count). The molecular weight excluding hydrogens is 262 g/mol. The van der Waals surface area contributed by atoms with Crippen LogP contribution in [0.2, 0.25) is 0 Å². The van der Waals surface area contributed by atoms with Gasteiger partial charge in [0, 0.05) is 6.54 Å². The van der Waals surface area contributed by atoms with E-state index < -0.39 is 0 Å². The van der Waals surface area contributed by atoms with Crippen molar-refractivity contribution in [2.75, 3.05) is 26.2 Å². The Bertz CT molecular complexity index is 413. The van der Waals surface area contributed by atoms with E-state index in [9.17, 15) is 0 Å². The minimum atomic E-state index is 0.0106. The normalized spacial score (nSPS) is 18.3. The quantitative estimate of drug-likeness (QED) is 0.817. The van der Waals surface area contributed by atoms with Crippen molar-refractivity contribution >= 4 is 0 Å². The van der Waals surface area contributed by atoms with Crippen LogP contribution in [0, 0.1) is 5.92 Å². The maximum Gasteiger partial charge on any atom is 0.0965 e. The van der Waals surface area contributed by atoms with E-state index in [2.05, 4.69) is 48.2 Å². The zero-order valence-corrected chi connectivity index (χ0v) is 14.1. The second kappa shape index (κ2) is 7.36. The third-order valence-electron chi connectivity index (χ3n) is 4.24. The Morgan fingerprint density at radius 2 is 2.00 bits per heavy atom. The Labute approximate surface area is 129 Å². The van der Waals surface area contributed by atoms with Crippen LogP contribution in [-0.2, 0) is 12.1 Å². The van der Waals surface area contributed by atoms with Gasteiger partial charge in [0.05, 0.1) is 17.4 Å². The lowest BCUT2D eigenvalue weighted by molar-refractivity contribution is 0.190. The monoisotopic (exact) mass is 293 g/mol. The fourth-order valence-corrected chi connectivity index (χ4v) is 2.64. The smallest absolute Gasteiger partial charge is 0.0965 e. The van der Waals surface area contributed by atoms with Crippen molar-refractivity contribution in [2.24, 2.45) is 5.92 Å². The lowest BCUT2D eigenvalue weighted by Crippen LogP contribution is -2.34. The summed E-state index contributed by atoms with van der Waals surface area (Å²) in [6.07, 6.45) is 5.98. The number of aromatic nitrogens is 3. The molecule has 0 bridgehead atoms. The summed E-state index contributed by atoms with van der Waals surface area (Å²) in [7, 11) is 0. The van der Waals surface area contributed by atoms with E-state index in [0.717, 1.165) is 24.7 Å². The molecule has 0 atom stereocenters. The average Bonchev–Trinajstić information content (AvgIpc) is 2.89. The number of piperidine rings is 1. The fraction of sp³-hybridized carbons (Fsp3) is 0.875. The molecule has 0 aromatic carbocycles. The second-order valence-corrected chi connectivity index (χ2v) is 7.38. The van der Waals surface area contributed by atoms with Gasteiger partial charge in [-0.3, -0.25) is 0 Å². The van der Waals surface area contributed by atoms with Gasteiger partial charge in [-0.1, -0.05) is 12.1 Å². The highest BCUT2D eigenvalue weighted by molar-refractivity contribution is 4.93. The largest absolute Gasteiger partial charge is 0.311 e. The Hall–Kier alpha value is -0.940. The van der Waals surface area contributed by atoms with Gasteiger partial charge >= 0.3 is 0 Å². The van der Waals surface area contributed by atoms with Crippen LogP contribution in [0.5, 0.6) is 0 Å². The van der Waals surface area contributed by atoms with E-state index in [1.54, 1.807) is 0 Å². The molecule has 1 aliphatic rings. The summed E-state index contributed by atoms with van der Waals surface area (Å²) >= 11 is 0. The molecular formula is C16H31N5. The van der Waals surface area contributed by atoms with E-state index in [0.29, 0.717) is 0 Å². The van der Waals surface area contributed by atoms with Gasteiger partial charge in [-0.05, 0) is 72.1 Å². The van der Waals surface area contributed by atoms with E-state index in [-0.39, 0.29) is 5.54 Å². The van der Waals surface area contributed by atoms with Gasteiger partial charge in [0.2, 0.25) is 0 Å². The van der Waals surface area contributed by atoms with Crippen molar-refractivity contribution in [1.82, 2.24) is 25.2 Å². The molecule has 0 amide bonds. The number of rotatable bonds is 6. The molecule has 0 unspecified atom stereocenters. The summed E-state index contributed by atoms with van der Waals surface area (Å²) in [5, 5.41) is 11.9. The van der Waals surface area contributed by atoms with Crippen LogP contribution < -0.4 is 5.32 Å². The Morgan fingerprint density at radius 1 is 1.29 bits per heavy atom. The molecule has 1 aromatic rings. The number of nitrogens with zero attached hydrogens (tertiary/aromatic N) is 4. The topological polar surface area (TPSA) is 46.0 Å². The van der Waals surface area contributed by atoms with Crippen LogP contribution in [0.4, 0.5) is 0 Å². The highest BCUT2D eigenvalue weighted by atomic mass is 15.4. The van der Waals surface area contributed by atoms with Gasteiger partial charge < -0.3 is 10.2 Å². The summed E-state index contributed by atoms with van der Waals surface area (Å²) in [6.45, 7) is 14.4. The van der Waals surface area contributed by atoms with Gasteiger partial charge in [0.1, 0.15) is 0 Å². The molecule has 0 radical (unpaired) electrons. The van der Waals surface area contributed by atoms with Crippen molar-refractivity contribution in [3.63, 3.8) is 0 Å². The average molecular weight is 293 g/mol. The van der Waals surface area contributed by atoms with Gasteiger partial charge in [-0.2, -0.15) is 0 Å². The molecule has 0 spiro atoms. The first-order chi connectivity index (χ1) is 9.95. The fourth-order valence-electron chi connectivity index (χ4n) is 2.64. The molecule has 5 nitrogen and oxygen atoms in total. The van der Waals surface area contributed by atoms with E-state index >= 15 is 0 Å². The van der Waals surface area contributed by atoms with Crippen LogP contribution in [-0.4, -0.2) is 46.1 Å². The zero-order chi connectivity index (χ0) is 15.3. The Kier molecular flexibility index (Phi) is 5.76. The molecule has 1 fully saturated rings. The highest BCUT2D eigenvalue weighted by Gasteiger charge is 2.15. The molecule has 0 aliphatic carbocycles. The summed E-state index contributed by atoms with van der Waals surface area (Å²) in [5.41, 5.74) is 1.04. The molecule has 5 heteroatoms. The molecule has 1 aliphatic heterocycles. The van der Waals surface area contributed by atoms with Crippen molar-refractivity contribution in [1.29, 1.82) is 0 Å². The third kappa shape index (κ3) is 5.40. The first-order valence-electron chi connectivity index (χ1n) is 8.30. The first kappa shape index (κ1) is 16.4. The van der Waals surface area contributed by atoms with Crippen LogP contribution >= 0.6 is 0 Å². The van der Waals surface area contributed by atoms with E-state index in [1.165, 1.54) is 38.9 Å². The van der Waals surface area contributed by atoms with Crippen molar-refractivity contribution < 1.29 is 0 Å². The van der Waals surface area contributed by atoms with E-state index in [1.807, 2.05) is 10.9 Å². The zero-order valence-electron chi connectivity index (χ0n) is 14.1. The third-order valence-corrected chi connectivity index (χ3v) is 4.24. The maximum absolute atomic E-state index is 4.22. The molecule has 21 heavy (non-hydrogen) atoms. The number of hydrogen-bond acceptors (Lipinski definition) is 4. The van der Waals surface area contributed by atoms with Crippen molar-refractivity contribution in [2.45, 2.75) is 59.0 Å². The van der Waals surface area contributed by atoms with Gasteiger partial charge in [-0.25, -0.2) is 4.68 Å². The summed E-state index contributed by atoms with van der Waals surface area (Å²) < 4.78 is 1.93. The highest BCUT2D eigenvalue weighted by Crippen LogP contribution is 2.15. The molecule has 1 saturated heterocycles. The molecule has 2 heterocycles. The SMILES string of the molecule is CC1CCN(CCCNCc2cn(C(C)(C)C)nn2)CC1. The predicted molar refractivity (Wildman–Crippen MR) is 86.2 cm³/mol. The van der Waals surface area contributed by atoms with E-state index in [4.69, 9.17) is 0 Å². The Balaban J connectivity index is 1.58. The number of nitrogens with one attached hydrogen (secondary N) is 1. The molecule has 1 aromatic heterocycles. The van der Waals surface area contributed by atoms with Crippen LogP contribution in [0.1, 0.15) is 52.7 Å². The summed E-state index contributed by atoms with van der Waals surface area (Å²) in [5.74, 6) is 0.921. The molecule has 120 valence electrons. The number of hydrogen-bond donors (Lipinski definition) is 1. The second-order valence-electron chi connectivity index (χ2n) is 7.38. The summed E-state index contributed by atoms with van der Waals surface area (Å²) in [6, 6.07) is 0. The number of likely N-dealkylation sites (tertiary alicyclic amines) is 1. The van der Waals surface area contributed by atoms with Crippen LogP contribution in [0.15, 0.2) is 6.20 Å². The van der Waals surface area contributed by atoms with Gasteiger partial charge in [0.15, 0.2) is 0 Å². The standard InChI is InChI=1S/C16H31N5/c1-14-6-10-20(11-7-14)9-5-8-17-12-15-13-21(19-18-15)16(2,3)4/h13-14,17H,5-12H2,1-4H3. The lowest BCUT2D eigenvalue weighted by Gasteiger charge is -2.30. The van der Waals surface area contributed by atoms with Crippen molar-refractivity contribution in [3.8, 4) is 0 Å². The minimum Gasteiger partial charge on any atom is -0.311 e. The lowest BCUT2D eigenvalue weighted by atomic mass is 9.99. The Morgan fingerprint density at radius 3 is 2.62 bits per heavy atom. The first-order valence-corrected chi connectivity index (χ1v) is 8.30. The minimum absolute atomic E-state index is 0.0106. The van der Waals surface area contributed by atoms with Gasteiger partial charge in [-0.15, -0.1) is 5.10 Å².